The molecule has 0 bridgehead atoms. The van der Waals surface area contributed by atoms with Crippen LogP contribution in [0, 0.1) is 0 Å². The molecular weight excluding hydrogens is 304 g/mol. The summed E-state index contributed by atoms with van der Waals surface area (Å²) in [6.07, 6.45) is 2.03. The van der Waals surface area contributed by atoms with E-state index in [1.165, 1.54) is 0 Å². The van der Waals surface area contributed by atoms with Gasteiger partial charge in [0.1, 0.15) is 0 Å². The van der Waals surface area contributed by atoms with E-state index < -0.39 is 6.16 Å². The second-order valence-corrected chi connectivity index (χ2v) is 5.19. The Kier molecular flexibility index (Phi) is 8.06. The summed E-state index contributed by atoms with van der Waals surface area (Å²) >= 11 is 0. The SMILES string of the molecule is COCCN(C)c1cnn(C2CCCNC2)c(=O)c1.O=C(O)O. The highest BCUT2D eigenvalue weighted by Crippen LogP contribution is 2.14. The van der Waals surface area contributed by atoms with Crippen molar-refractivity contribution in [3.05, 3.63) is 22.6 Å². The van der Waals surface area contributed by atoms with Crippen molar-refractivity contribution in [2.45, 2.75) is 18.9 Å². The van der Waals surface area contributed by atoms with Crippen molar-refractivity contribution in [3.8, 4) is 0 Å². The molecule has 1 aromatic heterocycles. The summed E-state index contributed by atoms with van der Waals surface area (Å²) in [5.74, 6) is 0. The third kappa shape index (κ3) is 6.66. The van der Waals surface area contributed by atoms with Crippen molar-refractivity contribution in [2.24, 2.45) is 0 Å². The molecule has 0 radical (unpaired) electrons. The second-order valence-electron chi connectivity index (χ2n) is 5.19. The summed E-state index contributed by atoms with van der Waals surface area (Å²) < 4.78 is 6.63. The maximum absolute atomic E-state index is 12.1. The maximum atomic E-state index is 12.1. The molecule has 1 aliphatic rings. The fourth-order valence-corrected chi connectivity index (χ4v) is 2.29. The van der Waals surface area contributed by atoms with Crippen molar-refractivity contribution in [3.63, 3.8) is 0 Å². The first-order valence-electron chi connectivity index (χ1n) is 7.37. The van der Waals surface area contributed by atoms with Crippen LogP contribution in [-0.4, -0.2) is 66.5 Å². The molecule has 1 saturated heterocycles. The molecule has 1 fully saturated rings. The van der Waals surface area contributed by atoms with Crippen molar-refractivity contribution < 1.29 is 19.7 Å². The summed E-state index contributed by atoms with van der Waals surface area (Å²) in [5, 5.41) is 21.6. The van der Waals surface area contributed by atoms with Crippen LogP contribution in [0.1, 0.15) is 18.9 Å². The van der Waals surface area contributed by atoms with Crippen LogP contribution >= 0.6 is 0 Å². The topological polar surface area (TPSA) is 117 Å². The quantitative estimate of drug-likeness (QED) is 0.714. The van der Waals surface area contributed by atoms with Gasteiger partial charge in [0.05, 0.1) is 24.5 Å². The van der Waals surface area contributed by atoms with Gasteiger partial charge in [0.2, 0.25) is 0 Å². The molecule has 2 rings (SSSR count). The van der Waals surface area contributed by atoms with Gasteiger partial charge in [-0.2, -0.15) is 5.10 Å². The fraction of sp³-hybridized carbons (Fsp3) is 0.643. The molecule has 9 nitrogen and oxygen atoms in total. The Balaban J connectivity index is 0.000000593. The number of piperidine rings is 1. The molecule has 3 N–H and O–H groups in total. The zero-order valence-corrected chi connectivity index (χ0v) is 13.4. The number of anilines is 1. The predicted molar refractivity (Wildman–Crippen MR) is 85.4 cm³/mol. The van der Waals surface area contributed by atoms with Crippen molar-refractivity contribution >= 4 is 11.8 Å². The molecule has 130 valence electrons. The molecule has 23 heavy (non-hydrogen) atoms. The highest BCUT2D eigenvalue weighted by molar-refractivity contribution is 5.53. The average Bonchev–Trinajstić information content (AvgIpc) is 2.52. The Hall–Kier alpha value is -2.13. The largest absolute Gasteiger partial charge is 0.503 e. The minimum absolute atomic E-state index is 0.0320. The van der Waals surface area contributed by atoms with Gasteiger partial charge < -0.3 is 25.2 Å². The molecule has 0 saturated carbocycles. The Morgan fingerprint density at radius 3 is 2.78 bits per heavy atom. The Morgan fingerprint density at radius 1 is 1.57 bits per heavy atom. The standard InChI is InChI=1S/C13H22N4O2.CH2O3/c1-16(6-7-19-2)12-8-13(18)17(15-10-12)11-4-3-5-14-9-11;2-1(3)4/h8,10-11,14H,3-7,9H2,1-2H3;(H2,2,3,4). The number of likely N-dealkylation sites (N-methyl/N-ethyl adjacent to an activating group) is 1. The van der Waals surface area contributed by atoms with Gasteiger partial charge in [0.15, 0.2) is 0 Å². The van der Waals surface area contributed by atoms with Crippen LogP contribution in [0.5, 0.6) is 0 Å². The first-order chi connectivity index (χ1) is 11.0. The number of ether oxygens (including phenoxy) is 1. The molecule has 1 aliphatic heterocycles. The van der Waals surface area contributed by atoms with Gasteiger partial charge in [-0.3, -0.25) is 4.79 Å². The normalized spacial score (nSPS) is 17.0. The Bertz CT molecular complexity index is 538. The summed E-state index contributed by atoms with van der Waals surface area (Å²) in [7, 11) is 3.60. The van der Waals surface area contributed by atoms with Crippen LogP contribution in [0.3, 0.4) is 0 Å². The van der Waals surface area contributed by atoms with Gasteiger partial charge in [0, 0.05) is 33.3 Å². The van der Waals surface area contributed by atoms with Gasteiger partial charge in [-0.05, 0) is 19.4 Å². The van der Waals surface area contributed by atoms with Gasteiger partial charge >= 0.3 is 6.16 Å². The molecule has 0 spiro atoms. The lowest BCUT2D eigenvalue weighted by Crippen LogP contribution is -2.38. The van der Waals surface area contributed by atoms with E-state index in [0.717, 1.165) is 38.2 Å². The van der Waals surface area contributed by atoms with Gasteiger partial charge in [-0.25, -0.2) is 9.48 Å². The first kappa shape index (κ1) is 18.9. The molecule has 1 aromatic rings. The number of carboxylic acid groups (broad SMARTS) is 2. The van der Waals surface area contributed by atoms with Crippen LogP contribution in [-0.2, 0) is 4.74 Å². The minimum Gasteiger partial charge on any atom is -0.450 e. The summed E-state index contributed by atoms with van der Waals surface area (Å²) in [6, 6.07) is 1.83. The zero-order valence-electron chi connectivity index (χ0n) is 13.4. The second kappa shape index (κ2) is 9.80. The lowest BCUT2D eigenvalue weighted by Gasteiger charge is -2.24. The molecule has 1 unspecified atom stereocenters. The van der Waals surface area contributed by atoms with E-state index >= 15 is 0 Å². The van der Waals surface area contributed by atoms with Crippen LogP contribution in [0.25, 0.3) is 0 Å². The third-order valence-corrected chi connectivity index (χ3v) is 3.50. The highest BCUT2D eigenvalue weighted by atomic mass is 16.6. The summed E-state index contributed by atoms with van der Waals surface area (Å²) in [6.45, 7) is 3.23. The Morgan fingerprint density at radius 2 is 2.26 bits per heavy atom. The van der Waals surface area contributed by atoms with Crippen LogP contribution in [0.15, 0.2) is 17.1 Å². The zero-order chi connectivity index (χ0) is 17.2. The van der Waals surface area contributed by atoms with Gasteiger partial charge in [-0.15, -0.1) is 0 Å². The molecule has 0 aliphatic carbocycles. The lowest BCUT2D eigenvalue weighted by molar-refractivity contribution is 0.137. The molecule has 9 heteroatoms. The van der Waals surface area contributed by atoms with E-state index in [1.54, 1.807) is 24.1 Å². The number of rotatable bonds is 5. The lowest BCUT2D eigenvalue weighted by atomic mass is 10.1. The number of nitrogens with zero attached hydrogens (tertiary/aromatic N) is 3. The van der Waals surface area contributed by atoms with E-state index in [0.29, 0.717) is 6.61 Å². The molecular formula is C14H24N4O5. The summed E-state index contributed by atoms with van der Waals surface area (Å²) in [4.78, 5) is 22.7. The van der Waals surface area contributed by atoms with E-state index in [1.807, 2.05) is 11.9 Å². The van der Waals surface area contributed by atoms with Gasteiger partial charge in [-0.1, -0.05) is 0 Å². The number of methoxy groups -OCH3 is 1. The van der Waals surface area contributed by atoms with Crippen molar-refractivity contribution in [2.75, 3.05) is 45.3 Å². The van der Waals surface area contributed by atoms with Gasteiger partial charge in [0.25, 0.3) is 5.56 Å². The fourth-order valence-electron chi connectivity index (χ4n) is 2.29. The first-order valence-corrected chi connectivity index (χ1v) is 7.37. The minimum atomic E-state index is -1.83. The van der Waals surface area contributed by atoms with Crippen LogP contribution in [0.2, 0.25) is 0 Å². The number of carbonyl (C=O) groups is 1. The maximum Gasteiger partial charge on any atom is 0.503 e. The molecule has 0 aromatic carbocycles. The van der Waals surface area contributed by atoms with E-state index in [-0.39, 0.29) is 11.6 Å². The van der Waals surface area contributed by atoms with E-state index in [4.69, 9.17) is 19.7 Å². The van der Waals surface area contributed by atoms with Crippen LogP contribution in [0.4, 0.5) is 10.5 Å². The van der Waals surface area contributed by atoms with Crippen LogP contribution < -0.4 is 15.8 Å². The van der Waals surface area contributed by atoms with E-state index in [2.05, 4.69) is 10.4 Å². The van der Waals surface area contributed by atoms with Crippen molar-refractivity contribution in [1.29, 1.82) is 0 Å². The molecule has 2 heterocycles. The number of aromatic nitrogens is 2. The Labute approximate surface area is 134 Å². The number of hydrogen-bond acceptors (Lipinski definition) is 6. The highest BCUT2D eigenvalue weighted by Gasteiger charge is 2.17. The average molecular weight is 328 g/mol. The monoisotopic (exact) mass is 328 g/mol. The number of hydrogen-bond donors (Lipinski definition) is 3. The predicted octanol–water partition coefficient (Wildman–Crippen LogP) is 0.473. The third-order valence-electron chi connectivity index (χ3n) is 3.50. The smallest absolute Gasteiger partial charge is 0.450 e. The summed E-state index contributed by atoms with van der Waals surface area (Å²) in [5.41, 5.74) is 0.803. The molecule has 1 atom stereocenters. The van der Waals surface area contributed by atoms with Crippen molar-refractivity contribution in [1.82, 2.24) is 15.1 Å². The number of nitrogens with one attached hydrogen (secondary N) is 1. The van der Waals surface area contributed by atoms with E-state index in [9.17, 15) is 4.79 Å². The molecule has 0 amide bonds.